The standard InChI is InChI=1S/C10H14F3N5O2S/c11-10(12,13)7-5-8(17-9(16-7)18-14)15-6-1-3-21(19,20)4-2-6/h5-6H,1-4,14H2,(H2,15,16,17,18). The SMILES string of the molecule is NNc1nc(NC2CCS(=O)(=O)CC2)cc(C(F)(F)F)n1. The Labute approximate surface area is 119 Å². The summed E-state index contributed by atoms with van der Waals surface area (Å²) in [6.45, 7) is 0. The van der Waals surface area contributed by atoms with Gasteiger partial charge in [-0.3, -0.25) is 5.43 Å². The molecule has 2 rings (SSSR count). The summed E-state index contributed by atoms with van der Waals surface area (Å²) in [5.41, 5.74) is 0.844. The number of sulfone groups is 1. The minimum atomic E-state index is -4.62. The number of aromatic nitrogens is 2. The molecule has 1 saturated heterocycles. The van der Waals surface area contributed by atoms with Crippen LogP contribution in [-0.2, 0) is 16.0 Å². The zero-order valence-electron chi connectivity index (χ0n) is 10.8. The second-order valence-electron chi connectivity index (χ2n) is 4.67. The van der Waals surface area contributed by atoms with E-state index in [9.17, 15) is 21.6 Å². The molecule has 7 nitrogen and oxygen atoms in total. The highest BCUT2D eigenvalue weighted by atomic mass is 32.2. The number of alkyl halides is 3. The van der Waals surface area contributed by atoms with Gasteiger partial charge in [-0.15, -0.1) is 0 Å². The van der Waals surface area contributed by atoms with Gasteiger partial charge in [-0.2, -0.15) is 18.2 Å². The van der Waals surface area contributed by atoms with Gasteiger partial charge in [-0.1, -0.05) is 0 Å². The summed E-state index contributed by atoms with van der Waals surface area (Å²) >= 11 is 0. The predicted molar refractivity (Wildman–Crippen MR) is 70.1 cm³/mol. The predicted octanol–water partition coefficient (Wildman–Crippen LogP) is 0.770. The molecule has 2 heterocycles. The molecule has 21 heavy (non-hydrogen) atoms. The van der Waals surface area contributed by atoms with Crippen LogP contribution >= 0.6 is 0 Å². The lowest BCUT2D eigenvalue weighted by Gasteiger charge is -2.24. The molecule has 118 valence electrons. The number of rotatable bonds is 3. The molecule has 1 aromatic rings. The first-order valence-corrected chi connectivity index (χ1v) is 7.91. The molecule has 0 saturated carbocycles. The molecule has 1 aliphatic heterocycles. The minimum absolute atomic E-state index is 0.00384. The van der Waals surface area contributed by atoms with E-state index in [1.165, 1.54) is 0 Å². The summed E-state index contributed by atoms with van der Waals surface area (Å²) in [5, 5.41) is 2.79. The Morgan fingerprint density at radius 1 is 1.24 bits per heavy atom. The highest BCUT2D eigenvalue weighted by Crippen LogP contribution is 2.30. The third kappa shape index (κ3) is 4.17. The number of nitrogen functional groups attached to an aromatic ring is 1. The van der Waals surface area contributed by atoms with Crippen molar-refractivity contribution in [1.82, 2.24) is 9.97 Å². The monoisotopic (exact) mass is 325 g/mol. The first-order valence-electron chi connectivity index (χ1n) is 6.09. The largest absolute Gasteiger partial charge is 0.433 e. The fourth-order valence-electron chi connectivity index (χ4n) is 1.97. The van der Waals surface area contributed by atoms with Crippen molar-refractivity contribution in [2.45, 2.75) is 25.1 Å². The Kier molecular flexibility index (Phi) is 4.23. The van der Waals surface area contributed by atoms with Crippen LogP contribution in [-0.4, -0.2) is 35.9 Å². The number of hydrogen-bond acceptors (Lipinski definition) is 7. The lowest BCUT2D eigenvalue weighted by Crippen LogP contribution is -2.32. The van der Waals surface area contributed by atoms with E-state index in [1.54, 1.807) is 0 Å². The van der Waals surface area contributed by atoms with E-state index >= 15 is 0 Å². The molecule has 0 bridgehead atoms. The third-order valence-corrected chi connectivity index (χ3v) is 4.77. The van der Waals surface area contributed by atoms with Crippen molar-refractivity contribution in [1.29, 1.82) is 0 Å². The molecule has 0 aromatic carbocycles. The van der Waals surface area contributed by atoms with Crippen LogP contribution in [0.15, 0.2) is 6.07 Å². The quantitative estimate of drug-likeness (QED) is 0.556. The number of hydrogen-bond donors (Lipinski definition) is 3. The molecule has 0 radical (unpaired) electrons. The third-order valence-electron chi connectivity index (χ3n) is 3.05. The maximum Gasteiger partial charge on any atom is 0.433 e. The lowest BCUT2D eigenvalue weighted by molar-refractivity contribution is -0.141. The van der Waals surface area contributed by atoms with Crippen LogP contribution in [0.4, 0.5) is 24.9 Å². The van der Waals surface area contributed by atoms with Gasteiger partial charge in [-0.25, -0.2) is 19.2 Å². The van der Waals surface area contributed by atoms with Crippen LogP contribution < -0.4 is 16.6 Å². The highest BCUT2D eigenvalue weighted by molar-refractivity contribution is 7.91. The first-order chi connectivity index (χ1) is 9.69. The second kappa shape index (κ2) is 5.64. The van der Waals surface area contributed by atoms with Crippen molar-refractivity contribution in [2.75, 3.05) is 22.2 Å². The Bertz CT molecular complexity index is 606. The molecule has 0 atom stereocenters. The van der Waals surface area contributed by atoms with Gasteiger partial charge in [0.1, 0.15) is 15.7 Å². The molecule has 1 fully saturated rings. The highest BCUT2D eigenvalue weighted by Gasteiger charge is 2.34. The van der Waals surface area contributed by atoms with Gasteiger partial charge < -0.3 is 5.32 Å². The van der Waals surface area contributed by atoms with Crippen molar-refractivity contribution in [3.05, 3.63) is 11.8 Å². The van der Waals surface area contributed by atoms with E-state index in [1.807, 2.05) is 5.43 Å². The van der Waals surface area contributed by atoms with E-state index in [-0.39, 0.29) is 29.3 Å². The molecular formula is C10H14F3N5O2S. The first kappa shape index (κ1) is 15.8. The molecule has 0 amide bonds. The Hall–Kier alpha value is -1.62. The molecule has 4 N–H and O–H groups in total. The van der Waals surface area contributed by atoms with Gasteiger partial charge in [0.15, 0.2) is 5.69 Å². The molecule has 11 heteroatoms. The number of nitrogens with zero attached hydrogens (tertiary/aromatic N) is 2. The van der Waals surface area contributed by atoms with Gasteiger partial charge in [0.2, 0.25) is 5.95 Å². The Morgan fingerprint density at radius 3 is 2.38 bits per heavy atom. The van der Waals surface area contributed by atoms with E-state index in [0.29, 0.717) is 12.8 Å². The minimum Gasteiger partial charge on any atom is -0.367 e. The van der Waals surface area contributed by atoms with Crippen molar-refractivity contribution < 1.29 is 21.6 Å². The Morgan fingerprint density at radius 2 is 1.86 bits per heavy atom. The van der Waals surface area contributed by atoms with Crippen LogP contribution in [0.2, 0.25) is 0 Å². The number of halogens is 3. The fourth-order valence-corrected chi connectivity index (χ4v) is 3.47. The van der Waals surface area contributed by atoms with Gasteiger partial charge in [0, 0.05) is 12.1 Å². The summed E-state index contributed by atoms with van der Waals surface area (Å²) in [4.78, 5) is 7.02. The van der Waals surface area contributed by atoms with E-state index < -0.39 is 21.7 Å². The normalized spacial score (nSPS) is 19.2. The number of nitrogens with one attached hydrogen (secondary N) is 2. The lowest BCUT2D eigenvalue weighted by atomic mass is 10.1. The summed E-state index contributed by atoms with van der Waals surface area (Å²) < 4.78 is 60.7. The van der Waals surface area contributed by atoms with Crippen LogP contribution in [0.25, 0.3) is 0 Å². The van der Waals surface area contributed by atoms with Gasteiger partial charge in [0.25, 0.3) is 0 Å². The van der Waals surface area contributed by atoms with Crippen LogP contribution in [0.3, 0.4) is 0 Å². The van der Waals surface area contributed by atoms with Gasteiger partial charge in [0.05, 0.1) is 11.5 Å². The van der Waals surface area contributed by atoms with Crippen molar-refractivity contribution >= 4 is 21.6 Å². The van der Waals surface area contributed by atoms with Crippen LogP contribution in [0, 0.1) is 0 Å². The average molecular weight is 325 g/mol. The summed E-state index contributed by atoms with van der Waals surface area (Å²) in [7, 11) is -3.04. The maximum atomic E-state index is 12.7. The van der Waals surface area contributed by atoms with Crippen molar-refractivity contribution in [2.24, 2.45) is 5.84 Å². The van der Waals surface area contributed by atoms with E-state index in [2.05, 4.69) is 15.3 Å². The number of anilines is 2. The molecule has 0 aliphatic carbocycles. The van der Waals surface area contributed by atoms with Gasteiger partial charge in [-0.05, 0) is 12.8 Å². The molecule has 1 aliphatic rings. The zero-order valence-corrected chi connectivity index (χ0v) is 11.6. The number of nitrogens with two attached hydrogens (primary N) is 1. The van der Waals surface area contributed by atoms with E-state index in [4.69, 9.17) is 5.84 Å². The van der Waals surface area contributed by atoms with Crippen LogP contribution in [0.1, 0.15) is 18.5 Å². The Balaban J connectivity index is 2.16. The zero-order chi connectivity index (χ0) is 15.7. The summed E-state index contributed by atoms with van der Waals surface area (Å²) in [5.74, 6) is 4.65. The second-order valence-corrected chi connectivity index (χ2v) is 6.98. The number of hydrazine groups is 1. The average Bonchev–Trinajstić information content (AvgIpc) is 2.40. The van der Waals surface area contributed by atoms with Crippen molar-refractivity contribution in [3.8, 4) is 0 Å². The maximum absolute atomic E-state index is 12.7. The van der Waals surface area contributed by atoms with Crippen molar-refractivity contribution in [3.63, 3.8) is 0 Å². The molecule has 0 unspecified atom stereocenters. The molecular weight excluding hydrogens is 311 g/mol. The van der Waals surface area contributed by atoms with Crippen LogP contribution in [0.5, 0.6) is 0 Å². The molecule has 0 spiro atoms. The van der Waals surface area contributed by atoms with Gasteiger partial charge >= 0.3 is 6.18 Å². The summed E-state index contributed by atoms with van der Waals surface area (Å²) in [6.07, 6.45) is -3.99. The topological polar surface area (TPSA) is 110 Å². The molecule has 1 aromatic heterocycles. The fraction of sp³-hybridized carbons (Fsp3) is 0.600. The van der Waals surface area contributed by atoms with E-state index in [0.717, 1.165) is 6.07 Å². The smallest absolute Gasteiger partial charge is 0.367 e. The summed E-state index contributed by atoms with van der Waals surface area (Å²) in [6, 6.07) is 0.513.